The molecule has 7 heteroatoms. The standard InChI is InChI=1S/C12H16N2O3S2/c1-2-18-9-5-3-4-7(9)13-10(15)11-14-8(6-19-11)12(16)17/h6-7,9H,2-5H2,1H3,(H,13,15)(H,16,17). The first-order chi connectivity index (χ1) is 9.11. The minimum atomic E-state index is -1.10. The van der Waals surface area contributed by atoms with Crippen molar-refractivity contribution in [2.75, 3.05) is 5.75 Å². The Hall–Kier alpha value is -1.08. The number of nitrogens with one attached hydrogen (secondary N) is 1. The van der Waals surface area contributed by atoms with Gasteiger partial charge in [-0.3, -0.25) is 4.79 Å². The summed E-state index contributed by atoms with van der Waals surface area (Å²) >= 11 is 2.94. The number of nitrogens with zero attached hydrogens (tertiary/aromatic N) is 1. The summed E-state index contributed by atoms with van der Waals surface area (Å²) in [5.74, 6) is -0.320. The summed E-state index contributed by atoms with van der Waals surface area (Å²) in [6.45, 7) is 2.11. The van der Waals surface area contributed by atoms with E-state index in [1.54, 1.807) is 0 Å². The Balaban J connectivity index is 1.98. The lowest BCUT2D eigenvalue weighted by Gasteiger charge is -2.19. The molecule has 1 heterocycles. The number of amides is 1. The van der Waals surface area contributed by atoms with Crippen LogP contribution >= 0.6 is 23.1 Å². The molecule has 2 atom stereocenters. The molecular weight excluding hydrogens is 284 g/mol. The highest BCUT2D eigenvalue weighted by molar-refractivity contribution is 7.99. The second-order valence-corrected chi connectivity index (χ2v) is 6.72. The van der Waals surface area contributed by atoms with Gasteiger partial charge in [0.2, 0.25) is 0 Å². The summed E-state index contributed by atoms with van der Waals surface area (Å²) < 4.78 is 0. The topological polar surface area (TPSA) is 79.3 Å². The van der Waals surface area contributed by atoms with Crippen LogP contribution in [0.2, 0.25) is 0 Å². The third-order valence-corrected chi connectivity index (χ3v) is 5.23. The summed E-state index contributed by atoms with van der Waals surface area (Å²) in [6.07, 6.45) is 3.24. The van der Waals surface area contributed by atoms with E-state index in [0.717, 1.165) is 36.4 Å². The number of aromatic carboxylic acids is 1. The molecule has 19 heavy (non-hydrogen) atoms. The van der Waals surface area contributed by atoms with Gasteiger partial charge in [-0.1, -0.05) is 13.3 Å². The molecule has 104 valence electrons. The normalized spacial score (nSPS) is 22.4. The van der Waals surface area contributed by atoms with Gasteiger partial charge in [0.1, 0.15) is 0 Å². The van der Waals surface area contributed by atoms with E-state index in [1.807, 2.05) is 11.8 Å². The fraction of sp³-hybridized carbons (Fsp3) is 0.583. The van der Waals surface area contributed by atoms with Crippen molar-refractivity contribution < 1.29 is 14.7 Å². The van der Waals surface area contributed by atoms with Crippen LogP contribution in [0.25, 0.3) is 0 Å². The zero-order valence-electron chi connectivity index (χ0n) is 10.6. The number of carboxylic acids is 1. The van der Waals surface area contributed by atoms with Gasteiger partial charge < -0.3 is 10.4 Å². The van der Waals surface area contributed by atoms with Gasteiger partial charge in [0.05, 0.1) is 0 Å². The van der Waals surface area contributed by atoms with E-state index in [9.17, 15) is 9.59 Å². The maximum absolute atomic E-state index is 12.0. The van der Waals surface area contributed by atoms with Gasteiger partial charge in [-0.2, -0.15) is 11.8 Å². The number of hydrogen-bond acceptors (Lipinski definition) is 5. The van der Waals surface area contributed by atoms with Crippen molar-refractivity contribution in [2.45, 2.75) is 37.5 Å². The number of hydrogen-bond donors (Lipinski definition) is 2. The maximum atomic E-state index is 12.0. The van der Waals surface area contributed by atoms with E-state index in [4.69, 9.17) is 5.11 Å². The molecule has 0 aliphatic heterocycles. The molecule has 0 saturated heterocycles. The smallest absolute Gasteiger partial charge is 0.355 e. The maximum Gasteiger partial charge on any atom is 0.355 e. The summed E-state index contributed by atoms with van der Waals surface area (Å²) in [5.41, 5.74) is -0.0685. The Morgan fingerprint density at radius 3 is 3.00 bits per heavy atom. The zero-order valence-corrected chi connectivity index (χ0v) is 12.2. The van der Waals surface area contributed by atoms with Gasteiger partial charge in [-0.05, 0) is 18.6 Å². The van der Waals surface area contributed by atoms with E-state index >= 15 is 0 Å². The van der Waals surface area contributed by atoms with Crippen LogP contribution in [0.4, 0.5) is 0 Å². The fourth-order valence-corrected chi connectivity index (χ4v) is 4.10. The van der Waals surface area contributed by atoms with Crippen LogP contribution in [0.15, 0.2) is 5.38 Å². The van der Waals surface area contributed by atoms with Crippen LogP contribution < -0.4 is 5.32 Å². The lowest BCUT2D eigenvalue weighted by molar-refractivity contribution is 0.0691. The predicted octanol–water partition coefficient (Wildman–Crippen LogP) is 2.25. The van der Waals surface area contributed by atoms with Crippen molar-refractivity contribution in [3.63, 3.8) is 0 Å². The summed E-state index contributed by atoms with van der Waals surface area (Å²) in [4.78, 5) is 26.6. The van der Waals surface area contributed by atoms with Gasteiger partial charge in [0, 0.05) is 16.7 Å². The van der Waals surface area contributed by atoms with E-state index < -0.39 is 5.97 Å². The molecule has 2 unspecified atom stereocenters. The van der Waals surface area contributed by atoms with Gasteiger partial charge in [-0.15, -0.1) is 11.3 Å². The Labute approximate surface area is 119 Å². The van der Waals surface area contributed by atoms with Crippen LogP contribution in [-0.4, -0.2) is 39.0 Å². The average Bonchev–Trinajstić information content (AvgIpc) is 2.99. The average molecular weight is 300 g/mol. The Morgan fingerprint density at radius 2 is 2.37 bits per heavy atom. The minimum absolute atomic E-state index is 0.0685. The van der Waals surface area contributed by atoms with Crippen LogP contribution in [0.1, 0.15) is 46.5 Å². The molecule has 2 rings (SSSR count). The molecule has 0 spiro atoms. The number of thiazole rings is 1. The number of carbonyl (C=O) groups excluding carboxylic acids is 1. The highest BCUT2D eigenvalue weighted by atomic mass is 32.2. The van der Waals surface area contributed by atoms with Crippen molar-refractivity contribution in [3.05, 3.63) is 16.1 Å². The Kier molecular flexibility index (Phi) is 4.81. The Bertz CT molecular complexity index is 475. The molecule has 1 amide bonds. The van der Waals surface area contributed by atoms with E-state index in [-0.39, 0.29) is 22.7 Å². The third kappa shape index (κ3) is 3.48. The SMILES string of the molecule is CCSC1CCCC1NC(=O)c1nc(C(=O)O)cs1. The van der Waals surface area contributed by atoms with Crippen molar-refractivity contribution in [2.24, 2.45) is 0 Å². The Morgan fingerprint density at radius 1 is 1.58 bits per heavy atom. The molecule has 1 saturated carbocycles. The van der Waals surface area contributed by atoms with E-state index in [0.29, 0.717) is 5.25 Å². The van der Waals surface area contributed by atoms with E-state index in [2.05, 4.69) is 17.2 Å². The first-order valence-corrected chi connectivity index (χ1v) is 8.16. The van der Waals surface area contributed by atoms with Gasteiger partial charge in [-0.25, -0.2) is 9.78 Å². The van der Waals surface area contributed by atoms with Gasteiger partial charge >= 0.3 is 5.97 Å². The quantitative estimate of drug-likeness (QED) is 0.872. The molecule has 0 bridgehead atoms. The number of carboxylic acid groups (broad SMARTS) is 1. The van der Waals surface area contributed by atoms with Crippen LogP contribution in [0.3, 0.4) is 0 Å². The largest absolute Gasteiger partial charge is 0.476 e. The van der Waals surface area contributed by atoms with Crippen molar-refractivity contribution in [3.8, 4) is 0 Å². The molecule has 2 N–H and O–H groups in total. The van der Waals surface area contributed by atoms with Crippen LogP contribution in [-0.2, 0) is 0 Å². The first kappa shape index (κ1) is 14.3. The molecule has 1 aromatic rings. The van der Waals surface area contributed by atoms with Crippen molar-refractivity contribution in [1.82, 2.24) is 10.3 Å². The lowest BCUT2D eigenvalue weighted by atomic mass is 10.2. The highest BCUT2D eigenvalue weighted by Crippen LogP contribution is 2.30. The molecule has 1 aliphatic rings. The molecular formula is C12H16N2O3S2. The lowest BCUT2D eigenvalue weighted by Crippen LogP contribution is -2.38. The third-order valence-electron chi connectivity index (χ3n) is 3.07. The molecule has 0 aromatic carbocycles. The van der Waals surface area contributed by atoms with Crippen LogP contribution in [0.5, 0.6) is 0 Å². The fourth-order valence-electron chi connectivity index (χ4n) is 2.21. The van der Waals surface area contributed by atoms with Crippen molar-refractivity contribution in [1.29, 1.82) is 0 Å². The number of thioether (sulfide) groups is 1. The van der Waals surface area contributed by atoms with Gasteiger partial charge in [0.25, 0.3) is 5.91 Å². The zero-order chi connectivity index (χ0) is 13.8. The molecule has 5 nitrogen and oxygen atoms in total. The number of aromatic nitrogens is 1. The summed E-state index contributed by atoms with van der Waals surface area (Å²) in [5, 5.41) is 13.8. The second-order valence-electron chi connectivity index (χ2n) is 4.35. The summed E-state index contributed by atoms with van der Waals surface area (Å²) in [6, 6.07) is 0.176. The second kappa shape index (κ2) is 6.38. The van der Waals surface area contributed by atoms with Crippen LogP contribution in [0, 0.1) is 0 Å². The predicted molar refractivity (Wildman–Crippen MR) is 76.1 cm³/mol. The summed E-state index contributed by atoms with van der Waals surface area (Å²) in [7, 11) is 0. The molecule has 0 radical (unpaired) electrons. The molecule has 1 aliphatic carbocycles. The minimum Gasteiger partial charge on any atom is -0.476 e. The first-order valence-electron chi connectivity index (χ1n) is 6.23. The number of carbonyl (C=O) groups is 2. The molecule has 1 aromatic heterocycles. The van der Waals surface area contributed by atoms with Gasteiger partial charge in [0.15, 0.2) is 10.7 Å². The number of rotatable bonds is 5. The highest BCUT2D eigenvalue weighted by Gasteiger charge is 2.29. The van der Waals surface area contributed by atoms with E-state index in [1.165, 1.54) is 5.38 Å². The monoisotopic (exact) mass is 300 g/mol. The molecule has 1 fully saturated rings. The van der Waals surface area contributed by atoms with Crippen molar-refractivity contribution >= 4 is 35.0 Å².